The van der Waals surface area contributed by atoms with Crippen molar-refractivity contribution in [3.8, 4) is 0 Å². The predicted octanol–water partition coefficient (Wildman–Crippen LogP) is 5.72. The van der Waals surface area contributed by atoms with Gasteiger partial charge in [0.2, 0.25) is 0 Å². The second-order valence-corrected chi connectivity index (χ2v) is 7.68. The quantitative estimate of drug-likeness (QED) is 0.684. The third kappa shape index (κ3) is 4.47. The molecule has 112 valence electrons. The summed E-state index contributed by atoms with van der Waals surface area (Å²) < 4.78 is 1.03. The van der Waals surface area contributed by atoms with Gasteiger partial charge in [-0.3, -0.25) is 0 Å². The van der Waals surface area contributed by atoms with Crippen molar-refractivity contribution in [2.45, 2.75) is 63.8 Å². The molecule has 2 unspecified atom stereocenters. The number of nitrogens with two attached hydrogens (primary N) is 1. The van der Waals surface area contributed by atoms with Crippen molar-refractivity contribution in [2.24, 2.45) is 11.7 Å². The molecule has 20 heavy (non-hydrogen) atoms. The number of hydrogen-bond donors (Lipinski definition) is 1. The minimum atomic E-state index is -0.0695. The van der Waals surface area contributed by atoms with E-state index in [-0.39, 0.29) is 5.54 Å². The fourth-order valence-corrected chi connectivity index (χ4v) is 4.16. The van der Waals surface area contributed by atoms with Crippen molar-refractivity contribution in [1.82, 2.24) is 0 Å². The maximum absolute atomic E-state index is 6.69. The molecule has 0 aliphatic heterocycles. The topological polar surface area (TPSA) is 26.0 Å². The molecule has 0 aromatic heterocycles. The molecule has 1 saturated carbocycles. The van der Waals surface area contributed by atoms with E-state index in [1.165, 1.54) is 37.7 Å². The van der Waals surface area contributed by atoms with Crippen LogP contribution in [0.15, 0.2) is 22.7 Å². The van der Waals surface area contributed by atoms with Gasteiger partial charge in [-0.15, -0.1) is 0 Å². The second kappa shape index (κ2) is 7.29. The zero-order valence-electron chi connectivity index (χ0n) is 12.3. The smallest absolute Gasteiger partial charge is 0.0449 e. The van der Waals surface area contributed by atoms with Gasteiger partial charge in [-0.25, -0.2) is 0 Å². The van der Waals surface area contributed by atoms with Crippen molar-refractivity contribution in [2.75, 3.05) is 0 Å². The largest absolute Gasteiger partial charge is 0.325 e. The molecule has 2 rings (SSSR count). The molecule has 0 amide bonds. The van der Waals surface area contributed by atoms with Crippen LogP contribution in [0.4, 0.5) is 0 Å². The lowest BCUT2D eigenvalue weighted by atomic mass is 9.84. The maximum Gasteiger partial charge on any atom is 0.0449 e. The molecular weight excluding hydrogens is 334 g/mol. The summed E-state index contributed by atoms with van der Waals surface area (Å²) in [6, 6.07) is 6.13. The summed E-state index contributed by atoms with van der Waals surface area (Å²) in [4.78, 5) is 0. The molecule has 1 nitrogen and oxygen atoms in total. The van der Waals surface area contributed by atoms with E-state index in [1.807, 2.05) is 6.07 Å². The minimum Gasteiger partial charge on any atom is -0.325 e. The van der Waals surface area contributed by atoms with Gasteiger partial charge in [-0.1, -0.05) is 66.2 Å². The monoisotopic (exact) mass is 357 g/mol. The Bertz CT molecular complexity index is 449. The van der Waals surface area contributed by atoms with Crippen LogP contribution in [0.5, 0.6) is 0 Å². The molecule has 0 radical (unpaired) electrons. The van der Waals surface area contributed by atoms with Crippen molar-refractivity contribution < 1.29 is 0 Å². The summed E-state index contributed by atoms with van der Waals surface area (Å²) in [6.45, 7) is 2.28. The second-order valence-electron chi connectivity index (χ2n) is 6.36. The summed E-state index contributed by atoms with van der Waals surface area (Å²) in [5, 5.41) is 0.832. The Labute approximate surface area is 136 Å². The average molecular weight is 359 g/mol. The van der Waals surface area contributed by atoms with E-state index in [0.29, 0.717) is 0 Å². The first kappa shape index (κ1) is 16.3. The van der Waals surface area contributed by atoms with Crippen LogP contribution in [-0.2, 0) is 6.42 Å². The Morgan fingerprint density at radius 1 is 1.35 bits per heavy atom. The van der Waals surface area contributed by atoms with Crippen LogP contribution in [-0.4, -0.2) is 5.54 Å². The van der Waals surface area contributed by atoms with Gasteiger partial charge in [0, 0.05) is 15.0 Å². The molecule has 2 atom stereocenters. The molecule has 1 fully saturated rings. The van der Waals surface area contributed by atoms with Gasteiger partial charge >= 0.3 is 0 Å². The Hall–Kier alpha value is -0.0500. The molecule has 0 bridgehead atoms. The van der Waals surface area contributed by atoms with Crippen LogP contribution < -0.4 is 5.73 Å². The lowest BCUT2D eigenvalue weighted by Gasteiger charge is -2.29. The van der Waals surface area contributed by atoms with E-state index in [4.69, 9.17) is 17.3 Å². The predicted molar refractivity (Wildman–Crippen MR) is 91.3 cm³/mol. The Morgan fingerprint density at radius 2 is 2.15 bits per heavy atom. The highest BCUT2D eigenvalue weighted by Gasteiger charge is 2.29. The van der Waals surface area contributed by atoms with Crippen LogP contribution in [0.25, 0.3) is 0 Å². The van der Waals surface area contributed by atoms with Crippen LogP contribution in [0.1, 0.15) is 57.4 Å². The first-order valence-corrected chi connectivity index (χ1v) is 8.92. The van der Waals surface area contributed by atoms with Gasteiger partial charge in [0.25, 0.3) is 0 Å². The molecule has 1 aliphatic carbocycles. The average Bonchev–Trinajstić information content (AvgIpc) is 2.57. The van der Waals surface area contributed by atoms with Gasteiger partial charge in [0.05, 0.1) is 0 Å². The van der Waals surface area contributed by atoms with Gasteiger partial charge in [-0.05, 0) is 49.3 Å². The molecule has 1 aliphatic rings. The van der Waals surface area contributed by atoms with Crippen LogP contribution in [0, 0.1) is 5.92 Å². The standard InChI is InChI=1S/C17H25BrClN/c1-2-4-13-5-3-9-17(20,10-8-13)12-14-6-7-15(18)11-16(14)19/h6-7,11,13H,2-5,8-10,12,20H2,1H3. The third-order valence-corrected chi connectivity index (χ3v) is 5.44. The third-order valence-electron chi connectivity index (χ3n) is 4.59. The lowest BCUT2D eigenvalue weighted by Crippen LogP contribution is -2.41. The first-order chi connectivity index (χ1) is 9.52. The van der Waals surface area contributed by atoms with Crippen molar-refractivity contribution in [3.05, 3.63) is 33.3 Å². The first-order valence-electron chi connectivity index (χ1n) is 7.75. The Balaban J connectivity index is 2.03. The van der Waals surface area contributed by atoms with Crippen LogP contribution in [0.2, 0.25) is 5.02 Å². The summed E-state index contributed by atoms with van der Waals surface area (Å²) >= 11 is 9.80. The zero-order valence-corrected chi connectivity index (χ0v) is 14.6. The number of rotatable bonds is 4. The fourth-order valence-electron chi connectivity index (χ4n) is 3.42. The molecule has 1 aromatic carbocycles. The van der Waals surface area contributed by atoms with Gasteiger partial charge in [0.15, 0.2) is 0 Å². The van der Waals surface area contributed by atoms with Crippen LogP contribution in [0.3, 0.4) is 0 Å². The van der Waals surface area contributed by atoms with Gasteiger partial charge in [0.1, 0.15) is 0 Å². The van der Waals surface area contributed by atoms with Crippen LogP contribution >= 0.6 is 27.5 Å². The summed E-state index contributed by atoms with van der Waals surface area (Å²) in [5.41, 5.74) is 7.80. The molecule has 3 heteroatoms. The van der Waals surface area contributed by atoms with E-state index in [0.717, 1.165) is 34.7 Å². The maximum atomic E-state index is 6.69. The summed E-state index contributed by atoms with van der Waals surface area (Å²) in [6.07, 6.45) is 9.69. The van der Waals surface area contributed by atoms with Gasteiger partial charge in [-0.2, -0.15) is 0 Å². The highest BCUT2D eigenvalue weighted by molar-refractivity contribution is 9.10. The van der Waals surface area contributed by atoms with E-state index < -0.39 is 0 Å². The van der Waals surface area contributed by atoms with Crippen molar-refractivity contribution >= 4 is 27.5 Å². The number of benzene rings is 1. The Morgan fingerprint density at radius 3 is 2.85 bits per heavy atom. The lowest BCUT2D eigenvalue weighted by molar-refractivity contribution is 0.355. The van der Waals surface area contributed by atoms with E-state index in [1.54, 1.807) is 0 Å². The SMILES string of the molecule is CCCC1CCCC(N)(Cc2ccc(Br)cc2Cl)CC1. The van der Waals surface area contributed by atoms with E-state index >= 15 is 0 Å². The number of hydrogen-bond acceptors (Lipinski definition) is 1. The van der Waals surface area contributed by atoms with E-state index in [2.05, 4.69) is 35.0 Å². The van der Waals surface area contributed by atoms with Crippen molar-refractivity contribution in [1.29, 1.82) is 0 Å². The molecule has 0 heterocycles. The molecule has 0 spiro atoms. The highest BCUT2D eigenvalue weighted by atomic mass is 79.9. The molecular formula is C17H25BrClN. The minimum absolute atomic E-state index is 0.0695. The van der Waals surface area contributed by atoms with Crippen molar-refractivity contribution in [3.63, 3.8) is 0 Å². The zero-order chi connectivity index (χ0) is 14.6. The highest BCUT2D eigenvalue weighted by Crippen LogP contribution is 2.34. The number of halogens is 2. The Kier molecular flexibility index (Phi) is 5.95. The fraction of sp³-hybridized carbons (Fsp3) is 0.647. The summed E-state index contributed by atoms with van der Waals surface area (Å²) in [7, 11) is 0. The van der Waals surface area contributed by atoms with E-state index in [9.17, 15) is 0 Å². The molecule has 0 saturated heterocycles. The molecule has 1 aromatic rings. The molecule has 2 N–H and O–H groups in total. The normalized spacial score (nSPS) is 27.3. The summed E-state index contributed by atoms with van der Waals surface area (Å²) in [5.74, 6) is 0.880. The van der Waals surface area contributed by atoms with Gasteiger partial charge < -0.3 is 5.73 Å².